The lowest BCUT2D eigenvalue weighted by atomic mass is 10.1. The smallest absolute Gasteiger partial charge is 0.305 e. The second kappa shape index (κ2) is 41.6. The zero-order valence-electron chi connectivity index (χ0n) is 37.4. The highest BCUT2D eigenvalue weighted by Gasteiger charge is 2.16. The van der Waals surface area contributed by atoms with Crippen molar-refractivity contribution in [3.05, 3.63) is 122 Å². The molecular weight excluding hydrogens is 758 g/mol. The molecule has 9 heteroatoms. The highest BCUT2D eigenvalue weighted by molar-refractivity contribution is 7.45. The van der Waals surface area contributed by atoms with Crippen LogP contribution >= 0.6 is 7.82 Å². The molecule has 0 bridgehead atoms. The number of aliphatic hydroxyl groups is 1. The van der Waals surface area contributed by atoms with Crippen LogP contribution in [-0.4, -0.2) is 69.2 Å². The molecule has 0 rings (SSSR count). The molecule has 0 aliphatic carbocycles. The molecule has 0 aromatic carbocycles. The fraction of sp³-hybridized carbons (Fsp3) is 0.580. The zero-order chi connectivity index (χ0) is 43.4. The van der Waals surface area contributed by atoms with Crippen molar-refractivity contribution in [3.63, 3.8) is 0 Å². The normalized spacial score (nSPS) is 14.9. The van der Waals surface area contributed by atoms with Gasteiger partial charge in [0.25, 0.3) is 7.82 Å². The van der Waals surface area contributed by atoms with Gasteiger partial charge in [-0.25, -0.2) is 0 Å². The molecule has 59 heavy (non-hydrogen) atoms. The van der Waals surface area contributed by atoms with Gasteiger partial charge in [-0.05, 0) is 83.5 Å². The lowest BCUT2D eigenvalue weighted by Gasteiger charge is -2.27. The summed E-state index contributed by atoms with van der Waals surface area (Å²) < 4.78 is 26.8. The summed E-state index contributed by atoms with van der Waals surface area (Å²) >= 11 is 0. The zero-order valence-corrected chi connectivity index (χ0v) is 38.3. The number of rotatable bonds is 39. The number of phosphoric acid groups is 1. The average molecular weight is 840 g/mol. The molecule has 334 valence electrons. The van der Waals surface area contributed by atoms with Crippen LogP contribution in [0.2, 0.25) is 0 Å². The number of nitrogens with zero attached hydrogens (tertiary/aromatic N) is 1. The Morgan fingerprint density at radius 1 is 0.542 bits per heavy atom. The Morgan fingerprint density at radius 3 is 1.29 bits per heavy atom. The molecule has 0 spiro atoms. The molecule has 0 saturated heterocycles. The Balaban J connectivity index is 3.60. The van der Waals surface area contributed by atoms with Crippen molar-refractivity contribution in [2.75, 3.05) is 47.5 Å². The standard InChI is InChI=1S/C50H82NO7P/c1-5-6-7-8-9-10-11-12-13-14-15-16-17-18-19-20-21-22-23-24-25-26-27-28-29-30-31-32-33-34-35-36-37-38-39-40-41-42-43-44-50(53)56-47-49(52)48-58-59(54,55)57-46-45-51(2,3)4/h6-7,9-10,12-13,15-16,18-19,21-22,24-25,27-28,30-31,33-34,49,52H,5,8,11,14,17,20,23,26,29,32,35-48H2,1-4H3/b7-6-,10-9-,13-12-,16-15-,19-18-,22-21-,25-24-,28-27-,31-30-,34-33-. The number of esters is 1. The number of quaternary nitrogens is 1. The Bertz CT molecular complexity index is 1350. The van der Waals surface area contributed by atoms with Gasteiger partial charge in [-0.1, -0.05) is 167 Å². The number of phosphoric ester groups is 1. The summed E-state index contributed by atoms with van der Waals surface area (Å²) in [6, 6.07) is 0. The maximum atomic E-state index is 11.9. The molecule has 0 heterocycles. The van der Waals surface area contributed by atoms with E-state index in [0.717, 1.165) is 96.3 Å². The molecule has 2 atom stereocenters. The van der Waals surface area contributed by atoms with E-state index < -0.39 is 26.5 Å². The van der Waals surface area contributed by atoms with Gasteiger partial charge in [-0.15, -0.1) is 0 Å². The van der Waals surface area contributed by atoms with Crippen molar-refractivity contribution in [2.45, 2.75) is 141 Å². The van der Waals surface area contributed by atoms with Crippen molar-refractivity contribution < 1.29 is 37.6 Å². The molecule has 0 aromatic heterocycles. The number of hydrogen-bond acceptors (Lipinski definition) is 7. The van der Waals surface area contributed by atoms with Crippen molar-refractivity contribution in [2.24, 2.45) is 0 Å². The fourth-order valence-electron chi connectivity index (χ4n) is 5.27. The number of likely N-dealkylation sites (N-methyl/N-ethyl adjacent to an activating group) is 1. The van der Waals surface area contributed by atoms with Crippen LogP contribution in [0.25, 0.3) is 0 Å². The molecule has 1 N–H and O–H groups in total. The molecule has 0 saturated carbocycles. The topological polar surface area (TPSA) is 105 Å². The van der Waals surface area contributed by atoms with E-state index in [-0.39, 0.29) is 19.6 Å². The van der Waals surface area contributed by atoms with Crippen LogP contribution in [0.1, 0.15) is 135 Å². The Morgan fingerprint density at radius 2 is 0.898 bits per heavy atom. The minimum absolute atomic E-state index is 0.0155. The molecule has 0 radical (unpaired) electrons. The first-order valence-electron chi connectivity index (χ1n) is 22.3. The third kappa shape index (κ3) is 47.5. The van der Waals surface area contributed by atoms with Crippen LogP contribution in [-0.2, 0) is 23.1 Å². The third-order valence-electron chi connectivity index (χ3n) is 8.73. The van der Waals surface area contributed by atoms with E-state index in [1.54, 1.807) is 0 Å². The van der Waals surface area contributed by atoms with Crippen molar-refractivity contribution in [1.82, 2.24) is 0 Å². The highest BCUT2D eigenvalue weighted by atomic mass is 31.2. The summed E-state index contributed by atoms with van der Waals surface area (Å²) in [5.74, 6) is -0.402. The van der Waals surface area contributed by atoms with Crippen molar-refractivity contribution in [3.8, 4) is 0 Å². The second-order valence-electron chi connectivity index (χ2n) is 15.5. The lowest BCUT2D eigenvalue weighted by Crippen LogP contribution is -2.37. The fourth-order valence-corrected chi connectivity index (χ4v) is 6.00. The van der Waals surface area contributed by atoms with Crippen LogP contribution in [0.4, 0.5) is 0 Å². The van der Waals surface area contributed by atoms with Gasteiger partial charge in [0.15, 0.2) is 0 Å². The molecule has 0 aromatic rings. The summed E-state index contributed by atoms with van der Waals surface area (Å²) in [6.45, 7) is 1.80. The predicted octanol–water partition coefficient (Wildman–Crippen LogP) is 12.5. The number of carbonyl (C=O) groups excluding carboxylic acids is 1. The van der Waals surface area contributed by atoms with Crippen molar-refractivity contribution >= 4 is 13.8 Å². The van der Waals surface area contributed by atoms with Gasteiger partial charge < -0.3 is 28.3 Å². The summed E-state index contributed by atoms with van der Waals surface area (Å²) in [5, 5.41) is 9.89. The monoisotopic (exact) mass is 840 g/mol. The molecule has 0 aliphatic rings. The van der Waals surface area contributed by atoms with E-state index >= 15 is 0 Å². The number of aliphatic hydroxyl groups excluding tert-OH is 1. The summed E-state index contributed by atoms with van der Waals surface area (Å²) in [5.41, 5.74) is 0. The molecule has 8 nitrogen and oxygen atoms in total. The Labute approximate surface area is 360 Å². The van der Waals surface area contributed by atoms with Crippen molar-refractivity contribution in [1.29, 1.82) is 0 Å². The van der Waals surface area contributed by atoms with Crippen LogP contribution in [0.5, 0.6) is 0 Å². The molecule has 0 aliphatic heterocycles. The van der Waals surface area contributed by atoms with Gasteiger partial charge in [-0.2, -0.15) is 0 Å². The SMILES string of the molecule is CC/C=C\C/C=C\C/C=C\C/C=C\C/C=C\C/C=C\C/C=C\C/C=C\C/C=C\C/C=C\CCCCCCCCCCC(=O)OCC(O)COP(=O)([O-])OCC[N+](C)(C)C. The number of allylic oxidation sites excluding steroid dienone is 20. The minimum Gasteiger partial charge on any atom is -0.756 e. The lowest BCUT2D eigenvalue weighted by molar-refractivity contribution is -0.870. The van der Waals surface area contributed by atoms with Gasteiger partial charge in [0.05, 0.1) is 27.7 Å². The summed E-state index contributed by atoms with van der Waals surface area (Å²) in [7, 11) is 1.23. The molecule has 2 unspecified atom stereocenters. The van der Waals surface area contributed by atoms with Crippen LogP contribution < -0.4 is 4.89 Å². The number of unbranched alkanes of at least 4 members (excludes halogenated alkanes) is 8. The van der Waals surface area contributed by atoms with E-state index in [0.29, 0.717) is 11.0 Å². The summed E-state index contributed by atoms with van der Waals surface area (Å²) in [4.78, 5) is 23.7. The van der Waals surface area contributed by atoms with Gasteiger partial charge in [0.2, 0.25) is 0 Å². The minimum atomic E-state index is -4.51. The molecule has 0 fully saturated rings. The number of ether oxygens (including phenoxy) is 1. The van der Waals surface area contributed by atoms with E-state index in [1.165, 1.54) is 25.7 Å². The number of carbonyl (C=O) groups is 1. The van der Waals surface area contributed by atoms with Crippen LogP contribution in [0.3, 0.4) is 0 Å². The van der Waals surface area contributed by atoms with E-state index in [2.05, 4.69) is 133 Å². The first-order chi connectivity index (χ1) is 28.6. The quantitative estimate of drug-likeness (QED) is 0.0216. The number of hydrogen-bond donors (Lipinski definition) is 1. The summed E-state index contributed by atoms with van der Waals surface area (Å²) in [6.07, 6.45) is 63.7. The second-order valence-corrected chi connectivity index (χ2v) is 16.9. The largest absolute Gasteiger partial charge is 0.756 e. The van der Waals surface area contributed by atoms with Gasteiger partial charge >= 0.3 is 5.97 Å². The predicted molar refractivity (Wildman–Crippen MR) is 249 cm³/mol. The highest BCUT2D eigenvalue weighted by Crippen LogP contribution is 2.38. The van der Waals surface area contributed by atoms with Crippen LogP contribution in [0.15, 0.2) is 122 Å². The maximum absolute atomic E-state index is 11.9. The molecular formula is C50H82NO7P. The van der Waals surface area contributed by atoms with E-state index in [4.69, 9.17) is 9.26 Å². The van der Waals surface area contributed by atoms with E-state index in [1.807, 2.05) is 21.1 Å². The average Bonchev–Trinajstić information content (AvgIpc) is 3.19. The van der Waals surface area contributed by atoms with Crippen LogP contribution in [0, 0.1) is 0 Å². The molecule has 0 amide bonds. The van der Waals surface area contributed by atoms with Gasteiger partial charge in [0.1, 0.15) is 25.9 Å². The van der Waals surface area contributed by atoms with E-state index in [9.17, 15) is 19.4 Å². The van der Waals surface area contributed by atoms with Gasteiger partial charge in [-0.3, -0.25) is 9.36 Å². The maximum Gasteiger partial charge on any atom is 0.305 e. The first-order valence-corrected chi connectivity index (χ1v) is 23.8. The Kier molecular flexibility index (Phi) is 39.4. The Hall–Kier alpha value is -3.10. The third-order valence-corrected chi connectivity index (χ3v) is 9.69. The van der Waals surface area contributed by atoms with Gasteiger partial charge in [0, 0.05) is 6.42 Å². The first kappa shape index (κ1) is 55.9.